The third kappa shape index (κ3) is 4.99. The predicted molar refractivity (Wildman–Crippen MR) is 140 cm³/mol. The second-order valence-corrected chi connectivity index (χ2v) is 13.6. The topological polar surface area (TPSA) is 86.7 Å². The molecule has 0 N–H and O–H groups in total. The number of ether oxygens (including phenoxy) is 1. The molecule has 0 saturated heterocycles. The maximum atomic E-state index is 13.4. The van der Waals surface area contributed by atoms with Crippen molar-refractivity contribution in [2.45, 2.75) is 64.2 Å². The normalized spacial score (nSPS) is 21.3. The zero-order valence-electron chi connectivity index (χ0n) is 21.3. The Hall–Kier alpha value is -2.90. The van der Waals surface area contributed by atoms with E-state index in [1.807, 2.05) is 27.7 Å². The van der Waals surface area contributed by atoms with Crippen LogP contribution in [0.4, 0.5) is 0 Å². The first-order valence-corrected chi connectivity index (χ1v) is 14.0. The van der Waals surface area contributed by atoms with Crippen LogP contribution >= 0.6 is 11.6 Å². The van der Waals surface area contributed by atoms with Gasteiger partial charge in [0.15, 0.2) is 11.6 Å². The van der Waals surface area contributed by atoms with Gasteiger partial charge in [0.05, 0.1) is 0 Å². The summed E-state index contributed by atoms with van der Waals surface area (Å²) in [6.45, 7) is 8.17. The van der Waals surface area contributed by atoms with E-state index in [1.54, 1.807) is 24.3 Å². The molecule has 3 aliphatic rings. The van der Waals surface area contributed by atoms with E-state index in [4.69, 9.17) is 20.5 Å². The second kappa shape index (κ2) is 8.84. The molecule has 1 heterocycles. The fraction of sp³-hybridized carbons (Fsp3) is 0.379. The molecule has 0 radical (unpaired) electrons. The number of halogens is 1. The number of carbonyl (C=O) groups excluding carboxylic acids is 2. The van der Waals surface area contributed by atoms with Crippen molar-refractivity contribution in [3.63, 3.8) is 0 Å². The Morgan fingerprint density at radius 3 is 1.76 bits per heavy atom. The Labute approximate surface area is 222 Å². The molecule has 2 aromatic rings. The van der Waals surface area contributed by atoms with E-state index in [0.29, 0.717) is 53.4 Å². The minimum Gasteiger partial charge on any atom is -0.465 e. The van der Waals surface area contributed by atoms with Crippen LogP contribution in [0.25, 0.3) is 0 Å². The summed E-state index contributed by atoms with van der Waals surface area (Å²) in [5.74, 6) is 0.814. The van der Waals surface area contributed by atoms with Crippen molar-refractivity contribution < 1.29 is 26.9 Å². The first-order valence-electron chi connectivity index (χ1n) is 12.3. The SMILES string of the molecule is CC1(C)CC(=O)C2=C(C1)OC1=C(C(=O)CC(C)(C)C1)C2c1ccc(OS(=O)(=O)c2ccc(Cl)cc2)cc1. The number of Topliss-reactive ketones (excluding diaryl/α,β-unsaturated/α-hetero) is 2. The molecule has 1 aliphatic heterocycles. The number of allylic oxidation sites excluding steroid dienone is 4. The lowest BCUT2D eigenvalue weighted by Gasteiger charge is -2.42. The van der Waals surface area contributed by atoms with Crippen LogP contribution in [0.2, 0.25) is 5.02 Å². The Kier molecular flexibility index (Phi) is 6.15. The van der Waals surface area contributed by atoms with Gasteiger partial charge in [-0.1, -0.05) is 51.4 Å². The molecule has 6 nitrogen and oxygen atoms in total. The lowest BCUT2D eigenvalue weighted by atomic mass is 9.65. The molecule has 0 atom stereocenters. The minimum atomic E-state index is -4.05. The molecule has 0 bridgehead atoms. The van der Waals surface area contributed by atoms with Crippen LogP contribution in [0.5, 0.6) is 5.75 Å². The smallest absolute Gasteiger partial charge is 0.339 e. The Balaban J connectivity index is 1.53. The number of rotatable bonds is 4. The van der Waals surface area contributed by atoms with Crippen LogP contribution in [-0.4, -0.2) is 20.0 Å². The summed E-state index contributed by atoms with van der Waals surface area (Å²) < 4.78 is 37.0. The highest BCUT2D eigenvalue weighted by Gasteiger charge is 2.47. The van der Waals surface area contributed by atoms with Crippen molar-refractivity contribution in [1.82, 2.24) is 0 Å². The van der Waals surface area contributed by atoms with Gasteiger partial charge >= 0.3 is 10.1 Å². The molecule has 194 valence electrons. The third-order valence-corrected chi connectivity index (χ3v) is 8.62. The second-order valence-electron chi connectivity index (χ2n) is 11.7. The molecule has 0 saturated carbocycles. The zero-order valence-corrected chi connectivity index (χ0v) is 22.8. The Bertz CT molecular complexity index is 1410. The first-order chi connectivity index (χ1) is 17.2. The van der Waals surface area contributed by atoms with Crippen LogP contribution in [0.3, 0.4) is 0 Å². The van der Waals surface area contributed by atoms with Gasteiger partial charge in [0.2, 0.25) is 0 Å². The van der Waals surface area contributed by atoms with Gasteiger partial charge in [-0.15, -0.1) is 0 Å². The van der Waals surface area contributed by atoms with Crippen molar-refractivity contribution in [3.05, 3.63) is 81.8 Å². The predicted octanol–water partition coefficient (Wildman–Crippen LogP) is 6.51. The van der Waals surface area contributed by atoms with E-state index in [9.17, 15) is 18.0 Å². The molecule has 0 aromatic heterocycles. The van der Waals surface area contributed by atoms with Gasteiger partial charge in [-0.3, -0.25) is 9.59 Å². The number of ketones is 2. The highest BCUT2D eigenvalue weighted by Crippen LogP contribution is 2.53. The quantitative estimate of drug-likeness (QED) is 0.411. The molecular weight excluding hydrogens is 512 g/mol. The van der Waals surface area contributed by atoms with Crippen LogP contribution in [-0.2, 0) is 24.4 Å². The molecule has 8 heteroatoms. The number of benzene rings is 2. The monoisotopic (exact) mass is 540 g/mol. The van der Waals surface area contributed by atoms with Gasteiger partial charge in [-0.2, -0.15) is 8.42 Å². The number of hydrogen-bond donors (Lipinski definition) is 0. The van der Waals surface area contributed by atoms with E-state index in [0.717, 1.165) is 5.56 Å². The Morgan fingerprint density at radius 1 is 0.784 bits per heavy atom. The minimum absolute atomic E-state index is 0.0131. The summed E-state index contributed by atoms with van der Waals surface area (Å²) in [7, 11) is -4.05. The molecule has 5 rings (SSSR count). The maximum Gasteiger partial charge on any atom is 0.339 e. The van der Waals surface area contributed by atoms with Crippen LogP contribution in [0, 0.1) is 10.8 Å². The van der Waals surface area contributed by atoms with Gasteiger partial charge < -0.3 is 8.92 Å². The lowest BCUT2D eigenvalue weighted by Crippen LogP contribution is -2.37. The average molecular weight is 541 g/mol. The van der Waals surface area contributed by atoms with E-state index in [2.05, 4.69) is 0 Å². The maximum absolute atomic E-state index is 13.4. The summed E-state index contributed by atoms with van der Waals surface area (Å²) in [5, 5.41) is 0.420. The Morgan fingerprint density at radius 2 is 1.27 bits per heavy atom. The summed E-state index contributed by atoms with van der Waals surface area (Å²) >= 11 is 5.86. The van der Waals surface area contributed by atoms with Gasteiger partial charge in [0, 0.05) is 47.8 Å². The zero-order chi connectivity index (χ0) is 26.8. The summed E-state index contributed by atoms with van der Waals surface area (Å²) in [6.07, 6.45) is 1.95. The van der Waals surface area contributed by atoms with Gasteiger partial charge in [0.1, 0.15) is 22.2 Å². The standard InChI is InChI=1S/C29H29ClO6S/c1-28(2)13-21(31)26-23(15-28)35-24-16-29(3,4)14-22(32)27(24)25(26)17-5-9-19(10-6-17)36-37(33,34)20-11-7-18(30)8-12-20/h5-12,25H,13-16H2,1-4H3. The summed E-state index contributed by atoms with van der Waals surface area (Å²) in [5.41, 5.74) is 1.32. The van der Waals surface area contributed by atoms with Crippen LogP contribution in [0.15, 0.2) is 76.1 Å². The number of hydrogen-bond acceptors (Lipinski definition) is 6. The van der Waals surface area contributed by atoms with Crippen LogP contribution in [0.1, 0.15) is 64.9 Å². The van der Waals surface area contributed by atoms with E-state index >= 15 is 0 Å². The fourth-order valence-corrected chi connectivity index (χ4v) is 6.56. The van der Waals surface area contributed by atoms with Gasteiger partial charge in [-0.05, 0) is 52.8 Å². The molecule has 0 spiro atoms. The lowest BCUT2D eigenvalue weighted by molar-refractivity contribution is -0.120. The largest absolute Gasteiger partial charge is 0.465 e. The fourth-order valence-electron chi connectivity index (χ4n) is 5.50. The number of carbonyl (C=O) groups is 2. The molecule has 2 aliphatic carbocycles. The molecule has 0 fully saturated rings. The molecule has 37 heavy (non-hydrogen) atoms. The first kappa shape index (κ1) is 25.7. The van der Waals surface area contributed by atoms with Crippen molar-refractivity contribution in [3.8, 4) is 5.75 Å². The highest BCUT2D eigenvalue weighted by atomic mass is 35.5. The summed E-state index contributed by atoms with van der Waals surface area (Å²) in [6, 6.07) is 12.3. The van der Waals surface area contributed by atoms with Crippen LogP contribution < -0.4 is 4.18 Å². The van der Waals surface area contributed by atoms with Gasteiger partial charge in [-0.25, -0.2) is 0 Å². The molecular formula is C29H29ClO6S. The van der Waals surface area contributed by atoms with Crippen molar-refractivity contribution >= 4 is 33.3 Å². The average Bonchev–Trinajstić information content (AvgIpc) is 2.76. The van der Waals surface area contributed by atoms with Crippen molar-refractivity contribution in [2.75, 3.05) is 0 Å². The van der Waals surface area contributed by atoms with Gasteiger partial charge in [0.25, 0.3) is 0 Å². The van der Waals surface area contributed by atoms with E-state index in [-0.39, 0.29) is 33.0 Å². The van der Waals surface area contributed by atoms with E-state index < -0.39 is 16.0 Å². The third-order valence-electron chi connectivity index (χ3n) is 7.10. The summed E-state index contributed by atoms with van der Waals surface area (Å²) in [4.78, 5) is 26.8. The molecule has 0 amide bonds. The molecule has 2 aromatic carbocycles. The van der Waals surface area contributed by atoms with Crippen molar-refractivity contribution in [2.24, 2.45) is 10.8 Å². The highest BCUT2D eigenvalue weighted by molar-refractivity contribution is 7.87. The van der Waals surface area contributed by atoms with E-state index in [1.165, 1.54) is 24.3 Å². The van der Waals surface area contributed by atoms with Crippen molar-refractivity contribution in [1.29, 1.82) is 0 Å². The molecule has 0 unspecified atom stereocenters.